The van der Waals surface area contributed by atoms with Crippen molar-refractivity contribution in [1.82, 2.24) is 9.61 Å². The lowest BCUT2D eigenvalue weighted by Crippen LogP contribution is -2.18. The van der Waals surface area contributed by atoms with E-state index < -0.39 is 17.3 Å². The predicted molar refractivity (Wildman–Crippen MR) is 102 cm³/mol. The molecule has 0 aliphatic carbocycles. The third kappa shape index (κ3) is 5.80. The van der Waals surface area contributed by atoms with Crippen LogP contribution in [-0.4, -0.2) is 20.5 Å². The molecule has 156 valence electrons. The minimum atomic E-state index is -4.46. The van der Waals surface area contributed by atoms with Gasteiger partial charge in [-0.3, -0.25) is 4.79 Å². The van der Waals surface area contributed by atoms with E-state index in [1.807, 2.05) is 20.8 Å². The molecule has 0 spiro atoms. The Morgan fingerprint density at radius 1 is 1.14 bits per heavy atom. The standard InChI is InChI=1S/C21H29F3N2O2/c1-19(2,3)13-15(27)8-6-7-9-16-18(20(4,5)28)17-12-14(21(22,23)24)10-11-26(17)25-16/h10-12,28H,6-9,13H2,1-5H3. The Hall–Kier alpha value is -1.89. The zero-order valence-electron chi connectivity index (χ0n) is 17.2. The van der Waals surface area contributed by atoms with Gasteiger partial charge in [0.2, 0.25) is 0 Å². The van der Waals surface area contributed by atoms with Crippen LogP contribution in [0.4, 0.5) is 13.2 Å². The fraction of sp³-hybridized carbons (Fsp3) is 0.619. The monoisotopic (exact) mass is 398 g/mol. The molecule has 7 heteroatoms. The number of aliphatic hydroxyl groups is 1. The summed E-state index contributed by atoms with van der Waals surface area (Å²) in [7, 11) is 0. The molecule has 0 radical (unpaired) electrons. The van der Waals surface area contributed by atoms with E-state index in [0.717, 1.165) is 12.1 Å². The SMILES string of the molecule is CC(C)(C)CC(=O)CCCCc1nn2ccc(C(F)(F)F)cc2c1C(C)(C)O. The van der Waals surface area contributed by atoms with E-state index in [2.05, 4.69) is 5.10 Å². The summed E-state index contributed by atoms with van der Waals surface area (Å²) in [6.45, 7) is 9.15. The van der Waals surface area contributed by atoms with Crippen LogP contribution in [0.5, 0.6) is 0 Å². The quantitative estimate of drug-likeness (QED) is 0.644. The van der Waals surface area contributed by atoms with E-state index in [0.29, 0.717) is 43.4 Å². The zero-order chi connectivity index (χ0) is 21.3. The number of ketones is 1. The highest BCUT2D eigenvalue weighted by atomic mass is 19.4. The Balaban J connectivity index is 2.19. The molecule has 0 amide bonds. The predicted octanol–water partition coefficient (Wildman–Crippen LogP) is 5.30. The first-order valence-corrected chi connectivity index (χ1v) is 9.51. The largest absolute Gasteiger partial charge is 0.416 e. The molecule has 4 nitrogen and oxygen atoms in total. The van der Waals surface area contributed by atoms with Crippen LogP contribution in [0.2, 0.25) is 0 Å². The van der Waals surface area contributed by atoms with Gasteiger partial charge < -0.3 is 5.11 Å². The van der Waals surface area contributed by atoms with Gasteiger partial charge in [-0.25, -0.2) is 4.52 Å². The van der Waals surface area contributed by atoms with Crippen LogP contribution in [0.3, 0.4) is 0 Å². The van der Waals surface area contributed by atoms with Crippen molar-refractivity contribution in [3.8, 4) is 0 Å². The topological polar surface area (TPSA) is 54.6 Å². The number of alkyl halides is 3. The van der Waals surface area contributed by atoms with Gasteiger partial charge in [0.05, 0.1) is 22.4 Å². The first kappa shape index (κ1) is 22.4. The summed E-state index contributed by atoms with van der Waals surface area (Å²) in [4.78, 5) is 12.0. The van der Waals surface area contributed by atoms with Crippen LogP contribution in [0.25, 0.3) is 5.52 Å². The van der Waals surface area contributed by atoms with E-state index in [9.17, 15) is 23.1 Å². The maximum atomic E-state index is 13.1. The summed E-state index contributed by atoms with van der Waals surface area (Å²) in [5.74, 6) is 0.208. The highest BCUT2D eigenvalue weighted by Crippen LogP contribution is 2.34. The number of carbonyl (C=O) groups is 1. The summed E-state index contributed by atoms with van der Waals surface area (Å²) in [5.41, 5.74) is -0.924. The normalized spacial score (nSPS) is 13.3. The molecule has 2 aromatic heterocycles. The summed E-state index contributed by atoms with van der Waals surface area (Å²) < 4.78 is 40.6. The molecular weight excluding hydrogens is 369 g/mol. The number of hydrogen-bond donors (Lipinski definition) is 1. The van der Waals surface area contributed by atoms with Crippen LogP contribution >= 0.6 is 0 Å². The van der Waals surface area contributed by atoms with Crippen LogP contribution in [0.15, 0.2) is 18.3 Å². The molecule has 28 heavy (non-hydrogen) atoms. The summed E-state index contributed by atoms with van der Waals surface area (Å²) >= 11 is 0. The van der Waals surface area contributed by atoms with Crippen molar-refractivity contribution in [2.75, 3.05) is 0 Å². The van der Waals surface area contributed by atoms with Gasteiger partial charge in [-0.2, -0.15) is 18.3 Å². The number of carbonyl (C=O) groups excluding carboxylic acids is 1. The second-order valence-corrected chi connectivity index (χ2v) is 9.11. The average Bonchev–Trinajstić information content (AvgIpc) is 2.86. The maximum absolute atomic E-state index is 13.1. The maximum Gasteiger partial charge on any atom is 0.416 e. The number of aryl methyl sites for hydroxylation is 1. The Morgan fingerprint density at radius 2 is 1.79 bits per heavy atom. The molecule has 1 N–H and O–H groups in total. The summed E-state index contributed by atoms with van der Waals surface area (Å²) in [5, 5.41) is 14.9. The summed E-state index contributed by atoms with van der Waals surface area (Å²) in [6, 6.07) is 2.00. The van der Waals surface area contributed by atoms with Crippen LogP contribution in [0, 0.1) is 5.41 Å². The number of halogens is 3. The fourth-order valence-electron chi connectivity index (χ4n) is 3.41. The van der Waals surface area contributed by atoms with Crippen molar-refractivity contribution in [1.29, 1.82) is 0 Å². The van der Waals surface area contributed by atoms with E-state index in [1.165, 1.54) is 10.7 Å². The Labute approximate surface area is 163 Å². The van der Waals surface area contributed by atoms with Crippen molar-refractivity contribution in [2.45, 2.75) is 78.5 Å². The van der Waals surface area contributed by atoms with Crippen LogP contribution in [-0.2, 0) is 23.0 Å². The van der Waals surface area contributed by atoms with E-state index >= 15 is 0 Å². The first-order valence-electron chi connectivity index (χ1n) is 9.51. The van der Waals surface area contributed by atoms with E-state index in [1.54, 1.807) is 13.8 Å². The average molecular weight is 398 g/mol. The number of fused-ring (bicyclic) bond motifs is 1. The third-order valence-corrected chi connectivity index (χ3v) is 4.49. The molecule has 0 fully saturated rings. The van der Waals surface area contributed by atoms with Crippen molar-refractivity contribution in [3.63, 3.8) is 0 Å². The molecule has 0 unspecified atom stereocenters. The number of unbranched alkanes of at least 4 members (excludes halogenated alkanes) is 1. The molecule has 0 aliphatic heterocycles. The number of aromatic nitrogens is 2. The molecule has 0 saturated carbocycles. The van der Waals surface area contributed by atoms with Gasteiger partial charge in [0.25, 0.3) is 0 Å². The lowest BCUT2D eigenvalue weighted by Gasteiger charge is -2.19. The van der Waals surface area contributed by atoms with E-state index in [4.69, 9.17) is 0 Å². The highest BCUT2D eigenvalue weighted by molar-refractivity contribution is 5.78. The number of hydrogen-bond acceptors (Lipinski definition) is 3. The summed E-state index contributed by atoms with van der Waals surface area (Å²) in [6.07, 6.45) is -0.348. The van der Waals surface area contributed by atoms with Gasteiger partial charge in [0, 0.05) is 24.6 Å². The number of pyridine rings is 1. The minimum Gasteiger partial charge on any atom is -0.386 e. The molecule has 0 aromatic carbocycles. The van der Waals surface area contributed by atoms with Gasteiger partial charge in [0.1, 0.15) is 5.78 Å². The molecule has 0 aliphatic rings. The number of nitrogens with zero attached hydrogens (tertiary/aromatic N) is 2. The second-order valence-electron chi connectivity index (χ2n) is 9.11. The van der Waals surface area contributed by atoms with Crippen molar-refractivity contribution in [3.05, 3.63) is 35.2 Å². The van der Waals surface area contributed by atoms with Crippen molar-refractivity contribution >= 4 is 11.3 Å². The number of Topliss-reactive ketones (excluding diaryl/α,β-unsaturated/α-hetero) is 1. The van der Waals surface area contributed by atoms with Gasteiger partial charge in [-0.05, 0) is 50.7 Å². The molecule has 0 bridgehead atoms. The van der Waals surface area contributed by atoms with Gasteiger partial charge in [-0.1, -0.05) is 20.8 Å². The van der Waals surface area contributed by atoms with Crippen LogP contribution < -0.4 is 0 Å². The third-order valence-electron chi connectivity index (χ3n) is 4.49. The number of rotatable bonds is 7. The molecule has 0 atom stereocenters. The van der Waals surface area contributed by atoms with Crippen LogP contribution in [0.1, 0.15) is 77.1 Å². The smallest absolute Gasteiger partial charge is 0.386 e. The Bertz CT molecular complexity index is 840. The van der Waals surface area contributed by atoms with Crippen molar-refractivity contribution < 1.29 is 23.1 Å². The molecule has 2 aromatic rings. The first-order chi connectivity index (χ1) is 12.7. The minimum absolute atomic E-state index is 0.0387. The molecule has 2 rings (SSSR count). The molecular formula is C21H29F3N2O2. The highest BCUT2D eigenvalue weighted by Gasteiger charge is 2.33. The van der Waals surface area contributed by atoms with Gasteiger partial charge in [-0.15, -0.1) is 0 Å². The van der Waals surface area contributed by atoms with Gasteiger partial charge in [0.15, 0.2) is 0 Å². The molecule has 0 saturated heterocycles. The van der Waals surface area contributed by atoms with Crippen molar-refractivity contribution in [2.24, 2.45) is 5.41 Å². The molecule has 2 heterocycles. The Morgan fingerprint density at radius 3 is 2.32 bits per heavy atom. The van der Waals surface area contributed by atoms with E-state index in [-0.39, 0.29) is 16.7 Å². The fourth-order valence-corrected chi connectivity index (χ4v) is 3.41. The Kier molecular flexibility index (Phi) is 6.28. The van der Waals surface area contributed by atoms with Gasteiger partial charge >= 0.3 is 6.18 Å². The lowest BCUT2D eigenvalue weighted by atomic mass is 9.88. The second kappa shape index (κ2) is 7.85. The zero-order valence-corrected chi connectivity index (χ0v) is 17.2. The lowest BCUT2D eigenvalue weighted by molar-refractivity contribution is -0.137.